The number of amides is 1. The Kier molecular flexibility index (Phi) is 5.99. The van der Waals surface area contributed by atoms with Gasteiger partial charge in [-0.2, -0.15) is 4.31 Å². The van der Waals surface area contributed by atoms with Gasteiger partial charge in [-0.3, -0.25) is 4.79 Å². The van der Waals surface area contributed by atoms with Gasteiger partial charge in [0.2, 0.25) is 26.0 Å². The van der Waals surface area contributed by atoms with Crippen molar-refractivity contribution in [2.45, 2.75) is 49.1 Å². The van der Waals surface area contributed by atoms with Crippen molar-refractivity contribution in [3.05, 3.63) is 18.2 Å². The highest BCUT2D eigenvalue weighted by atomic mass is 32.2. The quantitative estimate of drug-likeness (QED) is 0.661. The normalized spacial score (nSPS) is 21.3. The molecule has 1 saturated carbocycles. The maximum absolute atomic E-state index is 12.8. The number of hydrogen-bond donors (Lipinski definition) is 2. The summed E-state index contributed by atoms with van der Waals surface area (Å²) in [6.45, 7) is 0.285. The highest BCUT2D eigenvalue weighted by Gasteiger charge is 2.35. The van der Waals surface area contributed by atoms with E-state index in [0.29, 0.717) is 18.6 Å². The number of hydrogen-bond acceptors (Lipinski definition) is 6. The second-order valence-electron chi connectivity index (χ2n) is 7.13. The maximum atomic E-state index is 12.8. The monoisotopic (exact) mass is 431 g/mol. The van der Waals surface area contributed by atoms with Gasteiger partial charge in [0, 0.05) is 12.6 Å². The maximum Gasteiger partial charge on any atom is 0.242 e. The van der Waals surface area contributed by atoms with Crippen molar-refractivity contribution < 1.29 is 26.4 Å². The Labute approximate surface area is 165 Å². The van der Waals surface area contributed by atoms with E-state index in [0.717, 1.165) is 25.5 Å². The van der Waals surface area contributed by atoms with E-state index in [4.69, 9.17) is 4.74 Å². The van der Waals surface area contributed by atoms with Crippen LogP contribution in [0.5, 0.6) is 5.75 Å². The Balaban J connectivity index is 1.85. The number of ether oxygens (including phenoxy) is 1. The zero-order chi connectivity index (χ0) is 20.5. The SMILES string of the molecule is COc1ccc(S(=O)(=O)NC2CC2)cc1NC(=O)C1CCCCN1S(C)(=O)=O. The number of methoxy groups -OCH3 is 1. The fraction of sp³-hybridized carbons (Fsp3) is 0.588. The van der Waals surface area contributed by atoms with Crippen LogP contribution in [0.25, 0.3) is 0 Å². The van der Waals surface area contributed by atoms with E-state index in [9.17, 15) is 21.6 Å². The van der Waals surface area contributed by atoms with Gasteiger partial charge in [-0.25, -0.2) is 21.6 Å². The van der Waals surface area contributed by atoms with E-state index in [-0.39, 0.29) is 23.2 Å². The molecule has 2 N–H and O–H groups in total. The summed E-state index contributed by atoms with van der Waals surface area (Å²) in [7, 11) is -5.83. The number of piperidine rings is 1. The van der Waals surface area contributed by atoms with Crippen molar-refractivity contribution >= 4 is 31.6 Å². The zero-order valence-electron chi connectivity index (χ0n) is 15.8. The second kappa shape index (κ2) is 7.97. The molecule has 0 radical (unpaired) electrons. The molecule has 1 atom stereocenters. The van der Waals surface area contributed by atoms with Gasteiger partial charge in [0.15, 0.2) is 0 Å². The van der Waals surface area contributed by atoms with Crippen LogP contribution in [-0.4, -0.2) is 59.0 Å². The first-order valence-electron chi connectivity index (χ1n) is 9.10. The first kappa shape index (κ1) is 21.0. The molecule has 1 heterocycles. The molecule has 11 heteroatoms. The Morgan fingerprint density at radius 3 is 2.46 bits per heavy atom. The summed E-state index contributed by atoms with van der Waals surface area (Å²) in [5.41, 5.74) is 0.185. The zero-order valence-corrected chi connectivity index (χ0v) is 17.5. The molecule has 0 aromatic heterocycles. The fourth-order valence-electron chi connectivity index (χ4n) is 3.22. The van der Waals surface area contributed by atoms with E-state index in [1.165, 1.54) is 29.6 Å². The lowest BCUT2D eigenvalue weighted by molar-refractivity contribution is -0.120. The molecule has 1 saturated heterocycles. The van der Waals surface area contributed by atoms with Crippen LogP contribution in [0.4, 0.5) is 5.69 Å². The molecular formula is C17H25N3O6S2. The summed E-state index contributed by atoms with van der Waals surface area (Å²) in [5, 5.41) is 2.65. The standard InChI is InChI=1S/C17H25N3O6S2/c1-26-16-9-8-13(28(24,25)19-12-6-7-12)11-14(16)18-17(21)15-5-3-4-10-20(15)27(2,22)23/h8-9,11-12,15,19H,3-7,10H2,1-2H3,(H,18,21). The van der Waals surface area contributed by atoms with Crippen LogP contribution in [-0.2, 0) is 24.8 Å². The van der Waals surface area contributed by atoms with Crippen molar-refractivity contribution in [3.63, 3.8) is 0 Å². The van der Waals surface area contributed by atoms with Crippen LogP contribution in [0.15, 0.2) is 23.1 Å². The molecule has 1 aromatic carbocycles. The van der Waals surface area contributed by atoms with Crippen LogP contribution >= 0.6 is 0 Å². The third kappa shape index (κ3) is 4.83. The molecule has 156 valence electrons. The van der Waals surface area contributed by atoms with E-state index >= 15 is 0 Å². The summed E-state index contributed by atoms with van der Waals surface area (Å²) >= 11 is 0. The molecule has 1 unspecified atom stereocenters. The largest absolute Gasteiger partial charge is 0.495 e. The minimum atomic E-state index is -3.70. The molecule has 1 amide bonds. The number of rotatable bonds is 7. The Morgan fingerprint density at radius 1 is 1.14 bits per heavy atom. The van der Waals surface area contributed by atoms with Crippen LogP contribution < -0.4 is 14.8 Å². The highest BCUT2D eigenvalue weighted by Crippen LogP contribution is 2.30. The lowest BCUT2D eigenvalue weighted by Gasteiger charge is -2.32. The van der Waals surface area contributed by atoms with E-state index < -0.39 is 32.0 Å². The van der Waals surface area contributed by atoms with Crippen LogP contribution in [0, 0.1) is 0 Å². The van der Waals surface area contributed by atoms with Crippen LogP contribution in [0.1, 0.15) is 32.1 Å². The minimum absolute atomic E-state index is 0.0131. The van der Waals surface area contributed by atoms with Crippen molar-refractivity contribution in [2.24, 2.45) is 0 Å². The predicted octanol–water partition coefficient (Wildman–Crippen LogP) is 0.889. The number of carbonyl (C=O) groups is 1. The third-order valence-corrected chi connectivity index (χ3v) is 7.63. The average Bonchev–Trinajstić information content (AvgIpc) is 3.44. The van der Waals surface area contributed by atoms with Gasteiger partial charge >= 0.3 is 0 Å². The molecule has 1 aliphatic heterocycles. The summed E-state index contributed by atoms with van der Waals surface area (Å²) in [6.07, 6.45) is 4.53. The molecule has 0 bridgehead atoms. The molecule has 2 fully saturated rings. The molecule has 0 spiro atoms. The van der Waals surface area contributed by atoms with E-state index in [2.05, 4.69) is 10.0 Å². The minimum Gasteiger partial charge on any atom is -0.495 e. The Hall–Kier alpha value is -1.69. The number of anilines is 1. The van der Waals surface area contributed by atoms with Gasteiger partial charge in [-0.15, -0.1) is 0 Å². The molecule has 3 rings (SSSR count). The molecule has 28 heavy (non-hydrogen) atoms. The first-order chi connectivity index (χ1) is 13.1. The number of sulfonamides is 2. The first-order valence-corrected chi connectivity index (χ1v) is 12.4. The number of nitrogens with one attached hydrogen (secondary N) is 2. The van der Waals surface area contributed by atoms with Crippen LogP contribution in [0.3, 0.4) is 0 Å². The number of nitrogens with zero attached hydrogens (tertiary/aromatic N) is 1. The van der Waals surface area contributed by atoms with Gasteiger partial charge in [0.25, 0.3) is 0 Å². The summed E-state index contributed by atoms with van der Waals surface area (Å²) < 4.78 is 57.9. The van der Waals surface area contributed by atoms with Crippen molar-refractivity contribution in [1.82, 2.24) is 9.03 Å². The molecule has 9 nitrogen and oxygen atoms in total. The summed E-state index contributed by atoms with van der Waals surface area (Å²) in [4.78, 5) is 12.8. The van der Waals surface area contributed by atoms with E-state index in [1.54, 1.807) is 0 Å². The van der Waals surface area contributed by atoms with E-state index in [1.807, 2.05) is 0 Å². The highest BCUT2D eigenvalue weighted by molar-refractivity contribution is 7.89. The smallest absolute Gasteiger partial charge is 0.242 e. The van der Waals surface area contributed by atoms with Crippen LogP contribution in [0.2, 0.25) is 0 Å². The van der Waals surface area contributed by atoms with Gasteiger partial charge < -0.3 is 10.1 Å². The van der Waals surface area contributed by atoms with Crippen molar-refractivity contribution in [1.29, 1.82) is 0 Å². The second-order valence-corrected chi connectivity index (χ2v) is 10.8. The van der Waals surface area contributed by atoms with Gasteiger partial charge in [-0.1, -0.05) is 6.42 Å². The number of benzene rings is 1. The fourth-order valence-corrected chi connectivity index (χ4v) is 5.68. The van der Waals surface area contributed by atoms with Crippen molar-refractivity contribution in [3.8, 4) is 5.75 Å². The topological polar surface area (TPSA) is 122 Å². The van der Waals surface area contributed by atoms with Gasteiger partial charge in [0.1, 0.15) is 11.8 Å². The summed E-state index contributed by atoms with van der Waals surface area (Å²) in [6, 6.07) is 3.32. The molecule has 1 aromatic rings. The predicted molar refractivity (Wildman–Crippen MR) is 104 cm³/mol. The van der Waals surface area contributed by atoms with Gasteiger partial charge in [0.05, 0.1) is 23.9 Å². The molecule has 2 aliphatic rings. The van der Waals surface area contributed by atoms with Gasteiger partial charge in [-0.05, 0) is 43.9 Å². The van der Waals surface area contributed by atoms with Crippen molar-refractivity contribution in [2.75, 3.05) is 25.2 Å². The lowest BCUT2D eigenvalue weighted by atomic mass is 10.0. The summed E-state index contributed by atoms with van der Waals surface area (Å²) in [5.74, 6) is -0.214. The Bertz CT molecular complexity index is 957. The number of carbonyl (C=O) groups excluding carboxylic acids is 1. The third-order valence-electron chi connectivity index (χ3n) is 4.82. The molecular weight excluding hydrogens is 406 g/mol. The Morgan fingerprint density at radius 2 is 1.86 bits per heavy atom. The lowest BCUT2D eigenvalue weighted by Crippen LogP contribution is -2.49. The molecule has 1 aliphatic carbocycles. The average molecular weight is 432 g/mol.